The van der Waals surface area contributed by atoms with Gasteiger partial charge in [0.15, 0.2) is 0 Å². The van der Waals surface area contributed by atoms with E-state index < -0.39 is 12.1 Å². The number of urea groups is 1. The molecule has 22 heavy (non-hydrogen) atoms. The van der Waals surface area contributed by atoms with E-state index in [9.17, 15) is 14.4 Å². The predicted molar refractivity (Wildman–Crippen MR) is 91.5 cm³/mol. The Morgan fingerprint density at radius 2 is 2.14 bits per heavy atom. The Hall–Kier alpha value is -1.64. The van der Waals surface area contributed by atoms with Gasteiger partial charge in [-0.3, -0.25) is 14.5 Å². The monoisotopic (exact) mass is 415 g/mol. The first-order valence-corrected chi connectivity index (χ1v) is 8.18. The number of aryl methyl sites for hydroxylation is 1. The van der Waals surface area contributed by atoms with Gasteiger partial charge in [0.25, 0.3) is 5.91 Å². The van der Waals surface area contributed by atoms with Gasteiger partial charge in [0.05, 0.1) is 0 Å². The summed E-state index contributed by atoms with van der Waals surface area (Å²) in [4.78, 5) is 36.9. The van der Waals surface area contributed by atoms with Gasteiger partial charge in [-0.05, 0) is 59.7 Å². The molecule has 1 atom stereocenters. The molecule has 6 nitrogen and oxygen atoms in total. The SMILES string of the molecule is CCCC1NC(=O)N(CC(=O)Nc2ccc(I)cc2C)C1=O. The van der Waals surface area contributed by atoms with Crippen LogP contribution < -0.4 is 10.6 Å². The lowest BCUT2D eigenvalue weighted by molar-refractivity contribution is -0.130. The van der Waals surface area contributed by atoms with E-state index in [1.807, 2.05) is 26.0 Å². The van der Waals surface area contributed by atoms with Crippen LogP contribution in [0.1, 0.15) is 25.3 Å². The Bertz CT molecular complexity index is 618. The predicted octanol–water partition coefficient (Wildman–Crippen LogP) is 2.26. The summed E-state index contributed by atoms with van der Waals surface area (Å²) in [6.45, 7) is 3.56. The number of benzene rings is 1. The minimum absolute atomic E-state index is 0.268. The van der Waals surface area contributed by atoms with Crippen molar-refractivity contribution in [2.45, 2.75) is 32.7 Å². The van der Waals surface area contributed by atoms with Crippen LogP contribution in [0.5, 0.6) is 0 Å². The lowest BCUT2D eigenvalue weighted by Gasteiger charge is -2.14. The number of hydrogen-bond acceptors (Lipinski definition) is 3. The molecular formula is C15H18IN3O3. The van der Waals surface area contributed by atoms with Crippen LogP contribution in [0.4, 0.5) is 10.5 Å². The van der Waals surface area contributed by atoms with Crippen molar-refractivity contribution in [3.8, 4) is 0 Å². The highest BCUT2D eigenvalue weighted by molar-refractivity contribution is 14.1. The van der Waals surface area contributed by atoms with Gasteiger partial charge in [0, 0.05) is 9.26 Å². The maximum Gasteiger partial charge on any atom is 0.325 e. The van der Waals surface area contributed by atoms with Crippen LogP contribution in [0.3, 0.4) is 0 Å². The van der Waals surface area contributed by atoms with Crippen LogP contribution in [0.25, 0.3) is 0 Å². The third-order valence-corrected chi connectivity index (χ3v) is 4.12. The molecule has 1 heterocycles. The third kappa shape index (κ3) is 3.76. The summed E-state index contributed by atoms with van der Waals surface area (Å²) >= 11 is 2.19. The topological polar surface area (TPSA) is 78.5 Å². The average molecular weight is 415 g/mol. The molecule has 0 spiro atoms. The molecule has 1 saturated heterocycles. The molecule has 1 aliphatic heterocycles. The van der Waals surface area contributed by atoms with Gasteiger partial charge >= 0.3 is 6.03 Å². The molecule has 1 unspecified atom stereocenters. The second-order valence-electron chi connectivity index (χ2n) is 5.22. The molecule has 0 aromatic heterocycles. The number of nitrogens with one attached hydrogen (secondary N) is 2. The highest BCUT2D eigenvalue weighted by atomic mass is 127. The van der Waals surface area contributed by atoms with Crippen molar-refractivity contribution in [2.24, 2.45) is 0 Å². The minimum atomic E-state index is -0.509. The van der Waals surface area contributed by atoms with Crippen LogP contribution in [-0.4, -0.2) is 35.3 Å². The fraction of sp³-hybridized carbons (Fsp3) is 0.400. The molecule has 4 amide bonds. The maximum absolute atomic E-state index is 12.1. The molecule has 0 bridgehead atoms. The smallest absolute Gasteiger partial charge is 0.325 e. The van der Waals surface area contributed by atoms with E-state index in [1.54, 1.807) is 6.07 Å². The maximum atomic E-state index is 12.1. The molecule has 2 rings (SSSR count). The van der Waals surface area contributed by atoms with Crippen LogP contribution in [0, 0.1) is 10.5 Å². The standard InChI is InChI=1S/C15H18IN3O3/c1-3-4-12-14(21)19(15(22)18-12)8-13(20)17-11-6-5-10(16)7-9(11)2/h5-7,12H,3-4,8H2,1-2H3,(H,17,20)(H,18,22). The lowest BCUT2D eigenvalue weighted by Crippen LogP contribution is -2.38. The van der Waals surface area contributed by atoms with Gasteiger partial charge in [0.2, 0.25) is 5.91 Å². The molecule has 1 aliphatic rings. The van der Waals surface area contributed by atoms with E-state index in [-0.39, 0.29) is 18.4 Å². The second kappa shape index (κ2) is 7.08. The van der Waals surface area contributed by atoms with E-state index >= 15 is 0 Å². The number of carbonyl (C=O) groups excluding carboxylic acids is 3. The number of halogens is 1. The van der Waals surface area contributed by atoms with Crippen molar-refractivity contribution in [1.29, 1.82) is 0 Å². The molecular weight excluding hydrogens is 397 g/mol. The lowest BCUT2D eigenvalue weighted by atomic mass is 10.1. The quantitative estimate of drug-likeness (QED) is 0.572. The summed E-state index contributed by atoms with van der Waals surface area (Å²) in [5.74, 6) is -0.716. The number of anilines is 1. The zero-order valence-corrected chi connectivity index (χ0v) is 14.6. The molecule has 118 valence electrons. The van der Waals surface area contributed by atoms with Crippen molar-refractivity contribution in [1.82, 2.24) is 10.2 Å². The van der Waals surface area contributed by atoms with Crippen LogP contribution >= 0.6 is 22.6 Å². The van der Waals surface area contributed by atoms with Crippen molar-refractivity contribution in [2.75, 3.05) is 11.9 Å². The average Bonchev–Trinajstić information content (AvgIpc) is 2.70. The Morgan fingerprint density at radius 3 is 2.77 bits per heavy atom. The van der Waals surface area contributed by atoms with E-state index in [2.05, 4.69) is 33.2 Å². The summed E-state index contributed by atoms with van der Waals surface area (Å²) in [5, 5.41) is 5.34. The zero-order chi connectivity index (χ0) is 16.3. The summed E-state index contributed by atoms with van der Waals surface area (Å²) < 4.78 is 1.07. The number of imide groups is 1. The van der Waals surface area contributed by atoms with E-state index in [1.165, 1.54) is 0 Å². The fourth-order valence-corrected chi connectivity index (χ4v) is 2.96. The van der Waals surface area contributed by atoms with Crippen LogP contribution in [0.2, 0.25) is 0 Å². The Morgan fingerprint density at radius 1 is 1.41 bits per heavy atom. The highest BCUT2D eigenvalue weighted by Crippen LogP contribution is 2.18. The molecule has 1 aromatic rings. The molecule has 1 fully saturated rings. The number of nitrogens with zero attached hydrogens (tertiary/aromatic N) is 1. The molecule has 2 N–H and O–H groups in total. The summed E-state index contributed by atoms with van der Waals surface area (Å²) in [7, 11) is 0. The largest absolute Gasteiger partial charge is 0.326 e. The van der Waals surface area contributed by atoms with Gasteiger partial charge < -0.3 is 10.6 Å². The van der Waals surface area contributed by atoms with Gasteiger partial charge in [-0.25, -0.2) is 4.79 Å². The molecule has 0 radical (unpaired) electrons. The number of rotatable bonds is 5. The number of hydrogen-bond donors (Lipinski definition) is 2. The minimum Gasteiger partial charge on any atom is -0.326 e. The third-order valence-electron chi connectivity index (χ3n) is 3.45. The van der Waals surface area contributed by atoms with Crippen molar-refractivity contribution >= 4 is 46.1 Å². The first-order chi connectivity index (χ1) is 10.4. The van der Waals surface area contributed by atoms with Crippen molar-refractivity contribution in [3.63, 3.8) is 0 Å². The summed E-state index contributed by atoms with van der Waals surface area (Å²) in [5.41, 5.74) is 1.61. The van der Waals surface area contributed by atoms with E-state index in [4.69, 9.17) is 0 Å². The Balaban J connectivity index is 2.00. The van der Waals surface area contributed by atoms with Gasteiger partial charge in [-0.15, -0.1) is 0 Å². The molecule has 0 saturated carbocycles. The summed E-state index contributed by atoms with van der Waals surface area (Å²) in [6, 6.07) is 4.62. The van der Waals surface area contributed by atoms with E-state index in [0.717, 1.165) is 20.5 Å². The Kier molecular flexibility index (Phi) is 5.38. The van der Waals surface area contributed by atoms with Gasteiger partial charge in [0.1, 0.15) is 12.6 Å². The van der Waals surface area contributed by atoms with Crippen LogP contribution in [0.15, 0.2) is 18.2 Å². The number of amides is 4. The van der Waals surface area contributed by atoms with Gasteiger partial charge in [-0.2, -0.15) is 0 Å². The fourth-order valence-electron chi connectivity index (χ4n) is 2.31. The molecule has 0 aliphatic carbocycles. The first-order valence-electron chi connectivity index (χ1n) is 7.10. The summed E-state index contributed by atoms with van der Waals surface area (Å²) in [6.07, 6.45) is 1.37. The van der Waals surface area contributed by atoms with E-state index in [0.29, 0.717) is 12.1 Å². The molecule has 1 aromatic carbocycles. The van der Waals surface area contributed by atoms with Crippen molar-refractivity contribution in [3.05, 3.63) is 27.3 Å². The Labute approximate surface area is 142 Å². The second-order valence-corrected chi connectivity index (χ2v) is 6.47. The van der Waals surface area contributed by atoms with Gasteiger partial charge in [-0.1, -0.05) is 13.3 Å². The van der Waals surface area contributed by atoms with Crippen LogP contribution in [-0.2, 0) is 9.59 Å². The normalized spacial score (nSPS) is 17.6. The highest BCUT2D eigenvalue weighted by Gasteiger charge is 2.38. The number of carbonyl (C=O) groups is 3. The zero-order valence-electron chi connectivity index (χ0n) is 12.5. The first kappa shape index (κ1) is 16.7. The molecule has 7 heteroatoms. The van der Waals surface area contributed by atoms with Crippen molar-refractivity contribution < 1.29 is 14.4 Å².